The maximum atomic E-state index is 12.2. The van der Waals surface area contributed by atoms with Crippen molar-refractivity contribution in [3.63, 3.8) is 0 Å². The third-order valence-electron chi connectivity index (χ3n) is 4.26. The summed E-state index contributed by atoms with van der Waals surface area (Å²) in [5, 5.41) is 11.0. The van der Waals surface area contributed by atoms with Crippen molar-refractivity contribution >= 4 is 22.7 Å². The molecule has 0 aliphatic heterocycles. The number of ketones is 1. The predicted octanol–water partition coefficient (Wildman–Crippen LogP) is 2.59. The van der Waals surface area contributed by atoms with E-state index in [4.69, 9.17) is 4.74 Å². The van der Waals surface area contributed by atoms with E-state index in [1.54, 1.807) is 6.20 Å². The predicted molar refractivity (Wildman–Crippen MR) is 81.6 cm³/mol. The van der Waals surface area contributed by atoms with Gasteiger partial charge in [0.25, 0.3) is 0 Å². The zero-order valence-electron chi connectivity index (χ0n) is 12.3. The van der Waals surface area contributed by atoms with E-state index >= 15 is 0 Å². The molecule has 0 spiro atoms. The van der Waals surface area contributed by atoms with Crippen molar-refractivity contribution in [3.05, 3.63) is 36.0 Å². The van der Waals surface area contributed by atoms with Gasteiger partial charge >= 0.3 is 5.97 Å². The fourth-order valence-corrected chi connectivity index (χ4v) is 3.06. The lowest BCUT2D eigenvalue weighted by atomic mass is 9.98. The van der Waals surface area contributed by atoms with Crippen molar-refractivity contribution in [1.82, 2.24) is 4.98 Å². The van der Waals surface area contributed by atoms with Crippen molar-refractivity contribution in [2.75, 3.05) is 6.61 Å². The van der Waals surface area contributed by atoms with E-state index < -0.39 is 11.6 Å². The summed E-state index contributed by atoms with van der Waals surface area (Å²) in [5.74, 6) is -0.762. The number of ether oxygens (including phenoxy) is 1. The Morgan fingerprint density at radius 3 is 2.73 bits per heavy atom. The molecule has 1 aliphatic carbocycles. The third kappa shape index (κ3) is 3.04. The van der Waals surface area contributed by atoms with Gasteiger partial charge in [0.05, 0.1) is 12.0 Å². The largest absolute Gasteiger partial charge is 0.457 e. The minimum Gasteiger partial charge on any atom is -0.457 e. The second kappa shape index (κ2) is 5.93. The zero-order chi connectivity index (χ0) is 15.6. The smallest absolute Gasteiger partial charge is 0.309 e. The number of esters is 1. The average molecular weight is 301 g/mol. The molecule has 0 atom stereocenters. The van der Waals surface area contributed by atoms with Gasteiger partial charge in [-0.15, -0.1) is 0 Å². The van der Waals surface area contributed by atoms with Crippen molar-refractivity contribution in [1.29, 1.82) is 0 Å². The lowest BCUT2D eigenvalue weighted by Crippen LogP contribution is -2.29. The molecule has 1 heterocycles. The van der Waals surface area contributed by atoms with Crippen LogP contribution in [-0.4, -0.2) is 34.1 Å². The number of Topliss-reactive ketones (excluding diaryl/α,β-unsaturated/α-hetero) is 1. The third-order valence-corrected chi connectivity index (χ3v) is 4.26. The summed E-state index contributed by atoms with van der Waals surface area (Å²) in [5.41, 5.74) is 0.446. The van der Waals surface area contributed by atoms with Gasteiger partial charge in [0.15, 0.2) is 6.61 Å². The van der Waals surface area contributed by atoms with Gasteiger partial charge in [0, 0.05) is 22.7 Å². The quantitative estimate of drug-likeness (QED) is 0.657. The van der Waals surface area contributed by atoms with E-state index in [-0.39, 0.29) is 18.8 Å². The number of aliphatic hydroxyl groups is 1. The van der Waals surface area contributed by atoms with Crippen LogP contribution < -0.4 is 0 Å². The number of hydrogen-bond acceptors (Lipinski definition) is 4. The van der Waals surface area contributed by atoms with Crippen LogP contribution in [-0.2, 0) is 9.53 Å². The molecular weight excluding hydrogens is 282 g/mol. The molecule has 0 bridgehead atoms. The van der Waals surface area contributed by atoms with Crippen LogP contribution >= 0.6 is 0 Å². The monoisotopic (exact) mass is 301 g/mol. The van der Waals surface area contributed by atoms with Gasteiger partial charge in [-0.2, -0.15) is 0 Å². The highest BCUT2D eigenvalue weighted by Crippen LogP contribution is 2.32. The van der Waals surface area contributed by atoms with Crippen LogP contribution in [0.3, 0.4) is 0 Å². The van der Waals surface area contributed by atoms with Crippen LogP contribution in [0.5, 0.6) is 0 Å². The number of rotatable bonds is 5. The summed E-state index contributed by atoms with van der Waals surface area (Å²) < 4.78 is 5.04. The standard InChI is InChI=1S/C17H19NO4/c19-15(13-10-18-14-6-2-1-5-12(13)14)11-22-16(20)9-17(21)7-3-4-8-17/h1-2,5-6,10,18,21H,3-4,7-9,11H2. The number of H-pyrrole nitrogens is 1. The lowest BCUT2D eigenvalue weighted by Gasteiger charge is -2.20. The van der Waals surface area contributed by atoms with E-state index in [2.05, 4.69) is 4.98 Å². The van der Waals surface area contributed by atoms with E-state index in [1.165, 1.54) is 0 Å². The molecule has 1 aromatic heterocycles. The molecule has 1 fully saturated rings. The summed E-state index contributed by atoms with van der Waals surface area (Å²) in [4.78, 5) is 27.0. The van der Waals surface area contributed by atoms with Gasteiger partial charge in [-0.25, -0.2) is 0 Å². The van der Waals surface area contributed by atoms with Crippen LogP contribution in [0.4, 0.5) is 0 Å². The summed E-state index contributed by atoms with van der Waals surface area (Å²) in [6, 6.07) is 7.47. The van der Waals surface area contributed by atoms with E-state index in [0.717, 1.165) is 23.7 Å². The molecule has 0 saturated heterocycles. The first-order valence-electron chi connectivity index (χ1n) is 7.55. The highest BCUT2D eigenvalue weighted by Gasteiger charge is 2.34. The summed E-state index contributed by atoms with van der Waals surface area (Å²) in [7, 11) is 0. The molecular formula is C17H19NO4. The average Bonchev–Trinajstić information content (AvgIpc) is 3.11. The molecule has 0 unspecified atom stereocenters. The number of carbonyl (C=O) groups excluding carboxylic acids is 2. The topological polar surface area (TPSA) is 79.4 Å². The first-order valence-corrected chi connectivity index (χ1v) is 7.55. The number of benzene rings is 1. The SMILES string of the molecule is O=C(CC1(O)CCCC1)OCC(=O)c1c[nH]c2ccccc12. The first kappa shape index (κ1) is 14.8. The van der Waals surface area contributed by atoms with Gasteiger partial charge < -0.3 is 14.8 Å². The molecule has 2 N–H and O–H groups in total. The van der Waals surface area contributed by atoms with Crippen molar-refractivity contribution in [3.8, 4) is 0 Å². The van der Waals surface area contributed by atoms with Gasteiger partial charge in [-0.3, -0.25) is 9.59 Å². The molecule has 1 saturated carbocycles. The highest BCUT2D eigenvalue weighted by molar-refractivity contribution is 6.08. The summed E-state index contributed by atoms with van der Waals surface area (Å²) >= 11 is 0. The second-order valence-electron chi connectivity index (χ2n) is 5.94. The second-order valence-corrected chi connectivity index (χ2v) is 5.94. The summed E-state index contributed by atoms with van der Waals surface area (Å²) in [6.45, 7) is -0.295. The van der Waals surface area contributed by atoms with Crippen molar-refractivity contribution < 1.29 is 19.4 Å². The molecule has 2 aromatic rings. The maximum Gasteiger partial charge on any atom is 0.309 e. The number of fused-ring (bicyclic) bond motifs is 1. The highest BCUT2D eigenvalue weighted by atomic mass is 16.5. The number of carbonyl (C=O) groups is 2. The minimum atomic E-state index is -0.944. The van der Waals surface area contributed by atoms with Crippen LogP contribution in [0.25, 0.3) is 10.9 Å². The first-order chi connectivity index (χ1) is 10.6. The Morgan fingerprint density at radius 2 is 1.95 bits per heavy atom. The Kier molecular flexibility index (Phi) is 3.98. The van der Waals surface area contributed by atoms with Crippen molar-refractivity contribution in [2.45, 2.75) is 37.7 Å². The molecule has 116 valence electrons. The van der Waals surface area contributed by atoms with E-state index in [1.807, 2.05) is 24.3 Å². The Morgan fingerprint density at radius 1 is 1.23 bits per heavy atom. The van der Waals surface area contributed by atoms with E-state index in [9.17, 15) is 14.7 Å². The molecule has 0 amide bonds. The number of aromatic amines is 1. The Balaban J connectivity index is 1.59. The van der Waals surface area contributed by atoms with Gasteiger partial charge in [-0.1, -0.05) is 31.0 Å². The minimum absolute atomic E-state index is 0.0336. The fraction of sp³-hybridized carbons (Fsp3) is 0.412. The number of aromatic nitrogens is 1. The zero-order valence-corrected chi connectivity index (χ0v) is 12.3. The van der Waals surface area contributed by atoms with Gasteiger partial charge in [0.2, 0.25) is 5.78 Å². The van der Waals surface area contributed by atoms with Crippen LogP contribution in [0.15, 0.2) is 30.5 Å². The maximum absolute atomic E-state index is 12.2. The molecule has 22 heavy (non-hydrogen) atoms. The summed E-state index contributed by atoms with van der Waals surface area (Å²) in [6.07, 6.45) is 4.70. The lowest BCUT2D eigenvalue weighted by molar-refractivity contribution is -0.147. The van der Waals surface area contributed by atoms with Crippen molar-refractivity contribution in [2.24, 2.45) is 0 Å². The van der Waals surface area contributed by atoms with Crippen LogP contribution in [0.1, 0.15) is 42.5 Å². The molecule has 1 aromatic carbocycles. The molecule has 5 nitrogen and oxygen atoms in total. The van der Waals surface area contributed by atoms with Gasteiger partial charge in [-0.05, 0) is 18.9 Å². The van der Waals surface area contributed by atoms with E-state index in [0.29, 0.717) is 18.4 Å². The molecule has 1 aliphatic rings. The molecule has 5 heteroatoms. The number of para-hydroxylation sites is 1. The Hall–Kier alpha value is -2.14. The van der Waals surface area contributed by atoms with Crippen LogP contribution in [0.2, 0.25) is 0 Å². The van der Waals surface area contributed by atoms with Gasteiger partial charge in [0.1, 0.15) is 0 Å². The van der Waals surface area contributed by atoms with Crippen LogP contribution in [0, 0.1) is 0 Å². The fourth-order valence-electron chi connectivity index (χ4n) is 3.06. The Bertz CT molecular complexity index is 698. The Labute approximate surface area is 128 Å². The normalized spacial score (nSPS) is 16.8. The molecule has 3 rings (SSSR count). The number of hydrogen-bond donors (Lipinski definition) is 2. The molecule has 0 radical (unpaired) electrons. The number of nitrogens with one attached hydrogen (secondary N) is 1.